The summed E-state index contributed by atoms with van der Waals surface area (Å²) in [7, 11) is 0. The summed E-state index contributed by atoms with van der Waals surface area (Å²) in [6.07, 6.45) is 2.09. The first-order valence-electron chi connectivity index (χ1n) is 5.75. The first-order valence-corrected chi connectivity index (χ1v) is 5.75. The van der Waals surface area contributed by atoms with Crippen molar-refractivity contribution in [3.8, 4) is 0 Å². The standard InChI is InChI=1S/C10H21N5O3/c11-4-2-1-3-7(12)10(18)15-6-9(17)14-5-8(13)16/h7H,1-6,11-12H2,(H2,13,16)(H,14,17)(H,15,18)/t7-/m0/s1. The number of nitrogens with one attached hydrogen (secondary N) is 2. The fourth-order valence-electron chi connectivity index (χ4n) is 1.19. The predicted molar refractivity (Wildman–Crippen MR) is 66.1 cm³/mol. The van der Waals surface area contributed by atoms with E-state index < -0.39 is 23.8 Å². The van der Waals surface area contributed by atoms with E-state index in [0.29, 0.717) is 13.0 Å². The van der Waals surface area contributed by atoms with Crippen LogP contribution in [0.25, 0.3) is 0 Å². The Bertz CT molecular complexity index is 295. The van der Waals surface area contributed by atoms with Gasteiger partial charge in [-0.3, -0.25) is 14.4 Å². The molecular formula is C10H21N5O3. The molecule has 8 heteroatoms. The molecule has 0 fully saturated rings. The molecule has 104 valence electrons. The van der Waals surface area contributed by atoms with Gasteiger partial charge in [-0.05, 0) is 19.4 Å². The van der Waals surface area contributed by atoms with Crippen molar-refractivity contribution < 1.29 is 14.4 Å². The fraction of sp³-hybridized carbons (Fsp3) is 0.700. The number of amides is 3. The van der Waals surface area contributed by atoms with Crippen LogP contribution in [0.3, 0.4) is 0 Å². The second kappa shape index (κ2) is 9.37. The Morgan fingerprint density at radius 3 is 2.28 bits per heavy atom. The van der Waals surface area contributed by atoms with Crippen LogP contribution in [0.15, 0.2) is 0 Å². The zero-order valence-electron chi connectivity index (χ0n) is 10.3. The van der Waals surface area contributed by atoms with Crippen LogP contribution < -0.4 is 27.8 Å². The van der Waals surface area contributed by atoms with Gasteiger partial charge in [0.1, 0.15) is 0 Å². The summed E-state index contributed by atoms with van der Waals surface area (Å²) in [6.45, 7) is 0.0812. The minimum atomic E-state index is -0.652. The molecule has 18 heavy (non-hydrogen) atoms. The van der Waals surface area contributed by atoms with Gasteiger partial charge < -0.3 is 27.8 Å². The smallest absolute Gasteiger partial charge is 0.239 e. The molecule has 8 nitrogen and oxygen atoms in total. The van der Waals surface area contributed by atoms with Crippen LogP contribution in [0.5, 0.6) is 0 Å². The normalized spacial score (nSPS) is 11.7. The fourth-order valence-corrected chi connectivity index (χ4v) is 1.19. The summed E-state index contributed by atoms with van der Waals surface area (Å²) in [5.41, 5.74) is 15.8. The molecule has 8 N–H and O–H groups in total. The lowest BCUT2D eigenvalue weighted by Gasteiger charge is -2.11. The number of nitrogens with two attached hydrogens (primary N) is 3. The molecule has 0 saturated heterocycles. The van der Waals surface area contributed by atoms with Gasteiger partial charge in [-0.25, -0.2) is 0 Å². The second-order valence-corrected chi connectivity index (χ2v) is 3.85. The van der Waals surface area contributed by atoms with Crippen molar-refractivity contribution in [3.63, 3.8) is 0 Å². The van der Waals surface area contributed by atoms with Crippen molar-refractivity contribution in [2.75, 3.05) is 19.6 Å². The van der Waals surface area contributed by atoms with Crippen LogP contribution in [0.4, 0.5) is 0 Å². The van der Waals surface area contributed by atoms with Crippen LogP contribution in [0, 0.1) is 0 Å². The maximum absolute atomic E-state index is 11.4. The number of rotatable bonds is 9. The van der Waals surface area contributed by atoms with Gasteiger partial charge in [-0.15, -0.1) is 0 Å². The molecule has 0 aliphatic heterocycles. The summed E-state index contributed by atoms with van der Waals surface area (Å²) in [5, 5.41) is 4.62. The number of carbonyl (C=O) groups is 3. The molecule has 0 rings (SSSR count). The molecule has 0 aliphatic rings. The van der Waals surface area contributed by atoms with E-state index in [-0.39, 0.29) is 13.1 Å². The molecule has 0 aromatic heterocycles. The molecule has 0 aromatic rings. The number of primary amides is 1. The van der Waals surface area contributed by atoms with Gasteiger partial charge in [-0.2, -0.15) is 0 Å². The van der Waals surface area contributed by atoms with E-state index in [4.69, 9.17) is 17.2 Å². The van der Waals surface area contributed by atoms with Gasteiger partial charge in [0.05, 0.1) is 19.1 Å². The Labute approximate surface area is 106 Å². The minimum absolute atomic E-state index is 0.225. The van der Waals surface area contributed by atoms with E-state index in [1.165, 1.54) is 0 Å². The van der Waals surface area contributed by atoms with Crippen LogP contribution in [0.2, 0.25) is 0 Å². The van der Waals surface area contributed by atoms with Crippen LogP contribution in [0.1, 0.15) is 19.3 Å². The van der Waals surface area contributed by atoms with Crippen molar-refractivity contribution in [2.45, 2.75) is 25.3 Å². The summed E-state index contributed by atoms with van der Waals surface area (Å²) in [6, 6.07) is -0.652. The SMILES string of the molecule is NCCCC[C@H](N)C(=O)NCC(=O)NCC(N)=O. The molecule has 0 bridgehead atoms. The molecule has 0 aliphatic carbocycles. The average molecular weight is 259 g/mol. The number of hydrogen-bond acceptors (Lipinski definition) is 5. The Morgan fingerprint density at radius 2 is 1.72 bits per heavy atom. The first-order chi connectivity index (χ1) is 8.47. The molecule has 0 radical (unpaired) electrons. The van der Waals surface area contributed by atoms with Crippen molar-refractivity contribution in [2.24, 2.45) is 17.2 Å². The Morgan fingerprint density at radius 1 is 1.06 bits per heavy atom. The summed E-state index contributed by atoms with van der Waals surface area (Å²) >= 11 is 0. The highest BCUT2D eigenvalue weighted by Crippen LogP contribution is 1.97. The molecule has 3 amide bonds. The van der Waals surface area contributed by atoms with E-state index in [9.17, 15) is 14.4 Å². The van der Waals surface area contributed by atoms with E-state index in [1.54, 1.807) is 0 Å². The Balaban J connectivity index is 3.74. The number of hydrogen-bond donors (Lipinski definition) is 5. The third-order valence-electron chi connectivity index (χ3n) is 2.19. The zero-order chi connectivity index (χ0) is 14.0. The van der Waals surface area contributed by atoms with Crippen LogP contribution in [-0.4, -0.2) is 43.4 Å². The summed E-state index contributed by atoms with van der Waals surface area (Å²) < 4.78 is 0. The van der Waals surface area contributed by atoms with Gasteiger partial charge in [0, 0.05) is 0 Å². The largest absolute Gasteiger partial charge is 0.368 e. The number of carbonyl (C=O) groups excluding carboxylic acids is 3. The predicted octanol–water partition coefficient (Wildman–Crippen LogP) is -2.84. The summed E-state index contributed by atoms with van der Waals surface area (Å²) in [5.74, 6) is -1.54. The monoisotopic (exact) mass is 259 g/mol. The lowest BCUT2D eigenvalue weighted by Crippen LogP contribution is -2.46. The van der Waals surface area contributed by atoms with E-state index in [0.717, 1.165) is 12.8 Å². The van der Waals surface area contributed by atoms with Gasteiger partial charge in [-0.1, -0.05) is 6.42 Å². The lowest BCUT2D eigenvalue weighted by molar-refractivity contribution is -0.127. The molecule has 0 heterocycles. The van der Waals surface area contributed by atoms with Crippen molar-refractivity contribution in [1.29, 1.82) is 0 Å². The maximum atomic E-state index is 11.4. The average Bonchev–Trinajstić information content (AvgIpc) is 2.33. The van der Waals surface area contributed by atoms with E-state index in [2.05, 4.69) is 10.6 Å². The molecule has 0 saturated carbocycles. The minimum Gasteiger partial charge on any atom is -0.368 e. The third-order valence-corrected chi connectivity index (χ3v) is 2.19. The molecule has 0 unspecified atom stereocenters. The Kier molecular flexibility index (Phi) is 8.50. The van der Waals surface area contributed by atoms with Crippen molar-refractivity contribution in [1.82, 2.24) is 10.6 Å². The van der Waals surface area contributed by atoms with Gasteiger partial charge in [0.25, 0.3) is 0 Å². The molecule has 0 spiro atoms. The molecule has 1 atom stereocenters. The first kappa shape index (κ1) is 16.3. The maximum Gasteiger partial charge on any atom is 0.239 e. The van der Waals surface area contributed by atoms with Crippen molar-refractivity contribution >= 4 is 17.7 Å². The van der Waals surface area contributed by atoms with Crippen LogP contribution >= 0.6 is 0 Å². The quantitative estimate of drug-likeness (QED) is 0.282. The second-order valence-electron chi connectivity index (χ2n) is 3.85. The number of unbranched alkanes of at least 4 members (excludes halogenated alkanes) is 1. The topological polar surface area (TPSA) is 153 Å². The highest BCUT2D eigenvalue weighted by Gasteiger charge is 2.13. The summed E-state index contributed by atoms with van der Waals surface area (Å²) in [4.78, 5) is 33.0. The Hall–Kier alpha value is -1.67. The third kappa shape index (κ3) is 8.48. The van der Waals surface area contributed by atoms with E-state index in [1.807, 2.05) is 0 Å². The van der Waals surface area contributed by atoms with Gasteiger partial charge in [0.2, 0.25) is 17.7 Å². The highest BCUT2D eigenvalue weighted by atomic mass is 16.2. The van der Waals surface area contributed by atoms with Crippen LogP contribution in [-0.2, 0) is 14.4 Å². The van der Waals surface area contributed by atoms with E-state index >= 15 is 0 Å². The molecular weight excluding hydrogens is 238 g/mol. The highest BCUT2D eigenvalue weighted by molar-refractivity contribution is 5.89. The molecule has 0 aromatic carbocycles. The lowest BCUT2D eigenvalue weighted by atomic mass is 10.1. The van der Waals surface area contributed by atoms with Crippen molar-refractivity contribution in [3.05, 3.63) is 0 Å². The van der Waals surface area contributed by atoms with Gasteiger partial charge in [0.15, 0.2) is 0 Å². The zero-order valence-corrected chi connectivity index (χ0v) is 10.3. The van der Waals surface area contributed by atoms with Gasteiger partial charge >= 0.3 is 0 Å².